The van der Waals surface area contributed by atoms with Crippen molar-refractivity contribution in [2.24, 2.45) is 5.41 Å². The predicted octanol–water partition coefficient (Wildman–Crippen LogP) is 2.61. The molecule has 1 saturated heterocycles. The molecule has 0 radical (unpaired) electrons. The molecular formula is C13H27NOS. The summed E-state index contributed by atoms with van der Waals surface area (Å²) in [5.74, 6) is 1.24. The average Bonchev–Trinajstić information content (AvgIpc) is 2.32. The van der Waals surface area contributed by atoms with E-state index in [1.165, 1.54) is 12.3 Å². The standard InChI is InChI=1S/C13H27NOS/c1-5-13(6-2,10-15)9-14-7-8-16-12(4)11(14)3/h11-12,15H,5-10H2,1-4H3. The average molecular weight is 245 g/mol. The number of nitrogens with zero attached hydrogens (tertiary/aromatic N) is 1. The Labute approximate surface area is 105 Å². The lowest BCUT2D eigenvalue weighted by Gasteiger charge is -2.43. The van der Waals surface area contributed by atoms with Crippen LogP contribution in [0.4, 0.5) is 0 Å². The van der Waals surface area contributed by atoms with Gasteiger partial charge in [-0.25, -0.2) is 0 Å². The Kier molecular flexibility index (Phi) is 5.62. The van der Waals surface area contributed by atoms with Crippen LogP contribution in [0.5, 0.6) is 0 Å². The molecule has 0 aromatic heterocycles. The highest BCUT2D eigenvalue weighted by atomic mass is 32.2. The Morgan fingerprint density at radius 3 is 2.44 bits per heavy atom. The van der Waals surface area contributed by atoms with Gasteiger partial charge in [-0.05, 0) is 19.8 Å². The molecule has 0 aromatic carbocycles. The first kappa shape index (κ1) is 14.3. The van der Waals surface area contributed by atoms with E-state index in [0.717, 1.165) is 24.6 Å². The SMILES string of the molecule is CCC(CC)(CO)CN1CCSC(C)C1C. The van der Waals surface area contributed by atoms with Gasteiger partial charge in [-0.15, -0.1) is 0 Å². The molecule has 96 valence electrons. The molecule has 0 spiro atoms. The summed E-state index contributed by atoms with van der Waals surface area (Å²) in [5.41, 5.74) is 0.121. The minimum absolute atomic E-state index is 0.121. The summed E-state index contributed by atoms with van der Waals surface area (Å²) < 4.78 is 0. The van der Waals surface area contributed by atoms with Gasteiger partial charge >= 0.3 is 0 Å². The molecule has 1 aliphatic rings. The van der Waals surface area contributed by atoms with Gasteiger partial charge in [-0.2, -0.15) is 11.8 Å². The lowest BCUT2D eigenvalue weighted by Crippen LogP contribution is -2.50. The number of rotatable bonds is 5. The minimum atomic E-state index is 0.121. The zero-order chi connectivity index (χ0) is 12.2. The van der Waals surface area contributed by atoms with E-state index in [-0.39, 0.29) is 5.41 Å². The van der Waals surface area contributed by atoms with Crippen molar-refractivity contribution in [3.8, 4) is 0 Å². The zero-order valence-electron chi connectivity index (χ0n) is 11.2. The van der Waals surface area contributed by atoms with Crippen molar-refractivity contribution in [2.45, 2.75) is 51.8 Å². The molecule has 0 aliphatic carbocycles. The number of hydrogen-bond donors (Lipinski definition) is 1. The molecule has 2 atom stereocenters. The van der Waals surface area contributed by atoms with E-state index in [0.29, 0.717) is 12.6 Å². The van der Waals surface area contributed by atoms with Crippen LogP contribution in [0.15, 0.2) is 0 Å². The molecule has 0 amide bonds. The third-order valence-corrected chi connectivity index (χ3v) is 5.73. The smallest absolute Gasteiger partial charge is 0.0499 e. The van der Waals surface area contributed by atoms with Crippen LogP contribution in [0, 0.1) is 5.41 Å². The van der Waals surface area contributed by atoms with Gasteiger partial charge in [0.05, 0.1) is 0 Å². The summed E-state index contributed by atoms with van der Waals surface area (Å²) in [7, 11) is 0. The van der Waals surface area contributed by atoms with E-state index in [1.54, 1.807) is 0 Å². The van der Waals surface area contributed by atoms with Crippen molar-refractivity contribution in [2.75, 3.05) is 25.4 Å². The third-order valence-electron chi connectivity index (χ3n) is 4.39. The lowest BCUT2D eigenvalue weighted by molar-refractivity contribution is 0.0514. The van der Waals surface area contributed by atoms with E-state index < -0.39 is 0 Å². The maximum Gasteiger partial charge on any atom is 0.0499 e. The van der Waals surface area contributed by atoms with Crippen molar-refractivity contribution >= 4 is 11.8 Å². The van der Waals surface area contributed by atoms with Crippen molar-refractivity contribution in [1.82, 2.24) is 4.90 Å². The normalized spacial score (nSPS) is 28.3. The molecule has 16 heavy (non-hydrogen) atoms. The van der Waals surface area contributed by atoms with Crippen LogP contribution < -0.4 is 0 Å². The van der Waals surface area contributed by atoms with Crippen LogP contribution >= 0.6 is 11.8 Å². The second-order valence-corrected chi connectivity index (χ2v) is 6.64. The van der Waals surface area contributed by atoms with Crippen LogP contribution in [0.3, 0.4) is 0 Å². The Balaban J connectivity index is 2.63. The summed E-state index contributed by atoms with van der Waals surface area (Å²) in [6, 6.07) is 0.641. The number of hydrogen-bond acceptors (Lipinski definition) is 3. The van der Waals surface area contributed by atoms with Gasteiger partial charge in [0.1, 0.15) is 0 Å². The van der Waals surface area contributed by atoms with Crippen LogP contribution in [0.1, 0.15) is 40.5 Å². The lowest BCUT2D eigenvalue weighted by atomic mass is 9.82. The molecule has 0 bridgehead atoms. The highest BCUT2D eigenvalue weighted by Crippen LogP contribution is 2.31. The van der Waals surface area contributed by atoms with Gasteiger partial charge in [0, 0.05) is 42.2 Å². The second-order valence-electron chi connectivity index (χ2n) is 5.15. The van der Waals surface area contributed by atoms with Gasteiger partial charge in [0.15, 0.2) is 0 Å². The van der Waals surface area contributed by atoms with Crippen LogP contribution in [0.25, 0.3) is 0 Å². The summed E-state index contributed by atoms with van der Waals surface area (Å²) in [5, 5.41) is 10.3. The second kappa shape index (κ2) is 6.27. The maximum absolute atomic E-state index is 9.63. The number of thioether (sulfide) groups is 1. The first-order valence-corrected chi connectivity index (χ1v) is 7.60. The van der Waals surface area contributed by atoms with E-state index in [2.05, 4.69) is 44.4 Å². The van der Waals surface area contributed by atoms with Crippen molar-refractivity contribution in [3.63, 3.8) is 0 Å². The molecule has 0 saturated carbocycles. The Morgan fingerprint density at radius 1 is 1.31 bits per heavy atom. The van der Waals surface area contributed by atoms with E-state index >= 15 is 0 Å². The molecule has 2 unspecified atom stereocenters. The minimum Gasteiger partial charge on any atom is -0.396 e. The molecule has 2 nitrogen and oxygen atoms in total. The van der Waals surface area contributed by atoms with Crippen molar-refractivity contribution in [1.29, 1.82) is 0 Å². The molecular weight excluding hydrogens is 218 g/mol. The molecule has 1 heterocycles. The fraction of sp³-hybridized carbons (Fsp3) is 1.00. The van der Waals surface area contributed by atoms with Gasteiger partial charge < -0.3 is 5.11 Å². The fourth-order valence-electron chi connectivity index (χ4n) is 2.40. The van der Waals surface area contributed by atoms with Crippen LogP contribution in [0.2, 0.25) is 0 Å². The first-order valence-electron chi connectivity index (χ1n) is 6.55. The number of aliphatic hydroxyl groups excluding tert-OH is 1. The van der Waals surface area contributed by atoms with Crippen molar-refractivity contribution < 1.29 is 5.11 Å². The molecule has 1 fully saturated rings. The molecule has 1 N–H and O–H groups in total. The zero-order valence-corrected chi connectivity index (χ0v) is 12.0. The molecule has 3 heteroatoms. The summed E-state index contributed by atoms with van der Waals surface area (Å²) >= 11 is 2.07. The first-order chi connectivity index (χ1) is 7.58. The Morgan fingerprint density at radius 2 is 1.94 bits per heavy atom. The van der Waals surface area contributed by atoms with Gasteiger partial charge in [-0.1, -0.05) is 20.8 Å². The van der Waals surface area contributed by atoms with E-state index in [9.17, 15) is 5.11 Å². The summed E-state index contributed by atoms with van der Waals surface area (Å²) in [6.07, 6.45) is 2.15. The highest BCUT2D eigenvalue weighted by Gasteiger charge is 2.33. The van der Waals surface area contributed by atoms with Crippen LogP contribution in [-0.2, 0) is 0 Å². The third kappa shape index (κ3) is 3.14. The summed E-state index contributed by atoms with van der Waals surface area (Å²) in [6.45, 7) is 11.6. The predicted molar refractivity (Wildman–Crippen MR) is 73.1 cm³/mol. The Bertz CT molecular complexity index is 198. The van der Waals surface area contributed by atoms with Crippen LogP contribution in [-0.4, -0.2) is 46.7 Å². The number of aliphatic hydroxyl groups is 1. The highest BCUT2D eigenvalue weighted by molar-refractivity contribution is 8.00. The van der Waals surface area contributed by atoms with Gasteiger partial charge in [-0.3, -0.25) is 4.90 Å². The monoisotopic (exact) mass is 245 g/mol. The topological polar surface area (TPSA) is 23.5 Å². The van der Waals surface area contributed by atoms with Gasteiger partial charge in [0.2, 0.25) is 0 Å². The maximum atomic E-state index is 9.63. The van der Waals surface area contributed by atoms with E-state index in [4.69, 9.17) is 0 Å². The molecule has 1 aliphatic heterocycles. The Hall–Kier alpha value is 0.270. The van der Waals surface area contributed by atoms with Crippen molar-refractivity contribution in [3.05, 3.63) is 0 Å². The largest absolute Gasteiger partial charge is 0.396 e. The molecule has 0 aromatic rings. The van der Waals surface area contributed by atoms with E-state index in [1.807, 2.05) is 0 Å². The molecule has 1 rings (SSSR count). The van der Waals surface area contributed by atoms with Gasteiger partial charge in [0.25, 0.3) is 0 Å². The fourth-order valence-corrected chi connectivity index (χ4v) is 3.56. The quantitative estimate of drug-likeness (QED) is 0.805. The summed E-state index contributed by atoms with van der Waals surface area (Å²) in [4.78, 5) is 2.57.